The molecule has 2 nitrogen and oxygen atoms in total. The van der Waals surface area contributed by atoms with E-state index >= 15 is 0 Å². The minimum atomic E-state index is -0.570. The minimum absolute atomic E-state index is 0.155. The van der Waals surface area contributed by atoms with Crippen LogP contribution in [0, 0.1) is 25.5 Å². The SMILES string of the molecule is Cc1cc(C(=O)c2cc(N)cc(F)c2)cc(C)c1F. The molecule has 0 saturated carbocycles. The van der Waals surface area contributed by atoms with Crippen LogP contribution in [0.4, 0.5) is 14.5 Å². The summed E-state index contributed by atoms with van der Waals surface area (Å²) in [6.45, 7) is 3.16. The molecular weight excluding hydrogens is 248 g/mol. The topological polar surface area (TPSA) is 43.1 Å². The molecule has 0 atom stereocenters. The molecule has 0 fully saturated rings. The molecule has 0 aliphatic rings. The van der Waals surface area contributed by atoms with Crippen LogP contribution in [0.2, 0.25) is 0 Å². The van der Waals surface area contributed by atoms with Crippen LogP contribution in [0.1, 0.15) is 27.0 Å². The summed E-state index contributed by atoms with van der Waals surface area (Å²) in [5.74, 6) is -1.29. The van der Waals surface area contributed by atoms with Gasteiger partial charge in [-0.2, -0.15) is 0 Å². The van der Waals surface area contributed by atoms with E-state index in [2.05, 4.69) is 0 Å². The lowest BCUT2D eigenvalue weighted by atomic mass is 9.98. The second kappa shape index (κ2) is 4.80. The van der Waals surface area contributed by atoms with E-state index in [4.69, 9.17) is 5.73 Å². The van der Waals surface area contributed by atoms with Gasteiger partial charge in [-0.05, 0) is 55.3 Å². The van der Waals surface area contributed by atoms with Gasteiger partial charge in [0.1, 0.15) is 11.6 Å². The highest BCUT2D eigenvalue weighted by atomic mass is 19.1. The van der Waals surface area contributed by atoms with Crippen LogP contribution in [0.15, 0.2) is 30.3 Å². The molecule has 98 valence electrons. The molecule has 0 spiro atoms. The third kappa shape index (κ3) is 2.62. The van der Waals surface area contributed by atoms with Gasteiger partial charge in [0.05, 0.1) is 0 Å². The molecule has 0 aliphatic heterocycles. The van der Waals surface area contributed by atoms with E-state index in [0.29, 0.717) is 16.7 Å². The number of hydrogen-bond acceptors (Lipinski definition) is 2. The van der Waals surface area contributed by atoms with Gasteiger partial charge >= 0.3 is 0 Å². The van der Waals surface area contributed by atoms with Crippen LogP contribution in [-0.2, 0) is 0 Å². The molecule has 2 N–H and O–H groups in total. The van der Waals surface area contributed by atoms with Crippen molar-refractivity contribution < 1.29 is 13.6 Å². The number of halogens is 2. The molecule has 0 heterocycles. The smallest absolute Gasteiger partial charge is 0.193 e. The van der Waals surface area contributed by atoms with Crippen molar-refractivity contribution in [1.82, 2.24) is 0 Å². The molecule has 0 radical (unpaired) electrons. The maximum Gasteiger partial charge on any atom is 0.193 e. The maximum atomic E-state index is 13.5. The summed E-state index contributed by atoms with van der Waals surface area (Å²) in [7, 11) is 0. The van der Waals surface area contributed by atoms with Gasteiger partial charge in [0, 0.05) is 16.8 Å². The van der Waals surface area contributed by atoms with Crippen molar-refractivity contribution in [2.75, 3.05) is 5.73 Å². The van der Waals surface area contributed by atoms with E-state index in [-0.39, 0.29) is 22.9 Å². The van der Waals surface area contributed by atoms with Gasteiger partial charge in [-0.15, -0.1) is 0 Å². The molecule has 2 rings (SSSR count). The van der Waals surface area contributed by atoms with E-state index in [1.54, 1.807) is 13.8 Å². The monoisotopic (exact) mass is 261 g/mol. The Morgan fingerprint density at radius 2 is 1.47 bits per heavy atom. The van der Waals surface area contributed by atoms with Crippen LogP contribution >= 0.6 is 0 Å². The number of nitrogens with two attached hydrogens (primary N) is 1. The first-order chi connectivity index (χ1) is 8.88. The molecular formula is C15H13F2NO. The molecule has 0 aromatic heterocycles. The first-order valence-corrected chi connectivity index (χ1v) is 5.76. The summed E-state index contributed by atoms with van der Waals surface area (Å²) in [5.41, 5.74) is 6.93. The zero-order valence-corrected chi connectivity index (χ0v) is 10.6. The molecule has 19 heavy (non-hydrogen) atoms. The van der Waals surface area contributed by atoms with Crippen LogP contribution in [0.3, 0.4) is 0 Å². The van der Waals surface area contributed by atoms with Crippen LogP contribution < -0.4 is 5.73 Å². The largest absolute Gasteiger partial charge is 0.399 e. The summed E-state index contributed by atoms with van der Waals surface area (Å²) in [5, 5.41) is 0. The Morgan fingerprint density at radius 1 is 0.947 bits per heavy atom. The van der Waals surface area contributed by atoms with Crippen molar-refractivity contribution in [1.29, 1.82) is 0 Å². The Bertz CT molecular complexity index is 622. The number of nitrogen functional groups attached to an aromatic ring is 1. The highest BCUT2D eigenvalue weighted by Crippen LogP contribution is 2.19. The predicted molar refractivity (Wildman–Crippen MR) is 70.1 cm³/mol. The van der Waals surface area contributed by atoms with Crippen molar-refractivity contribution in [3.05, 3.63) is 64.2 Å². The highest BCUT2D eigenvalue weighted by Gasteiger charge is 2.14. The lowest BCUT2D eigenvalue weighted by molar-refractivity contribution is 0.103. The number of benzene rings is 2. The maximum absolute atomic E-state index is 13.5. The van der Waals surface area contributed by atoms with Crippen molar-refractivity contribution in [3.8, 4) is 0 Å². The predicted octanol–water partition coefficient (Wildman–Crippen LogP) is 3.39. The van der Waals surface area contributed by atoms with Gasteiger partial charge in [0.25, 0.3) is 0 Å². The Balaban J connectivity index is 2.50. The third-order valence-electron chi connectivity index (χ3n) is 2.88. The quantitative estimate of drug-likeness (QED) is 0.665. The fourth-order valence-corrected chi connectivity index (χ4v) is 1.99. The lowest BCUT2D eigenvalue weighted by Gasteiger charge is -2.07. The van der Waals surface area contributed by atoms with Crippen LogP contribution in [0.25, 0.3) is 0 Å². The Morgan fingerprint density at radius 3 is 2.00 bits per heavy atom. The number of rotatable bonds is 2. The van der Waals surface area contributed by atoms with Crippen molar-refractivity contribution in [2.24, 2.45) is 0 Å². The Hall–Kier alpha value is -2.23. The normalized spacial score (nSPS) is 10.5. The first-order valence-electron chi connectivity index (χ1n) is 5.76. The number of anilines is 1. The minimum Gasteiger partial charge on any atom is -0.399 e. The van der Waals surface area contributed by atoms with Crippen LogP contribution in [-0.4, -0.2) is 5.78 Å². The zero-order chi connectivity index (χ0) is 14.2. The van der Waals surface area contributed by atoms with Crippen molar-refractivity contribution in [2.45, 2.75) is 13.8 Å². The molecule has 0 aliphatic carbocycles. The number of aryl methyl sites for hydroxylation is 2. The highest BCUT2D eigenvalue weighted by molar-refractivity contribution is 6.09. The van der Waals surface area contributed by atoms with Gasteiger partial charge < -0.3 is 5.73 Å². The zero-order valence-electron chi connectivity index (χ0n) is 10.6. The molecule has 0 unspecified atom stereocenters. The second-order valence-electron chi connectivity index (χ2n) is 4.53. The Kier molecular flexibility index (Phi) is 3.34. The van der Waals surface area contributed by atoms with Gasteiger partial charge in [0.2, 0.25) is 0 Å². The third-order valence-corrected chi connectivity index (χ3v) is 2.88. The number of hydrogen-bond donors (Lipinski definition) is 1. The second-order valence-corrected chi connectivity index (χ2v) is 4.53. The van der Waals surface area contributed by atoms with E-state index < -0.39 is 5.82 Å². The number of carbonyl (C=O) groups excluding carboxylic acids is 1. The first kappa shape index (κ1) is 13.2. The fourth-order valence-electron chi connectivity index (χ4n) is 1.99. The summed E-state index contributed by atoms with van der Waals surface area (Å²) in [6.07, 6.45) is 0. The van der Waals surface area contributed by atoms with E-state index in [9.17, 15) is 13.6 Å². The van der Waals surface area contributed by atoms with Gasteiger partial charge in [-0.3, -0.25) is 4.79 Å². The summed E-state index contributed by atoms with van der Waals surface area (Å²) < 4.78 is 26.7. The van der Waals surface area contributed by atoms with E-state index in [1.165, 1.54) is 18.2 Å². The van der Waals surface area contributed by atoms with Gasteiger partial charge in [-0.1, -0.05) is 0 Å². The average molecular weight is 261 g/mol. The molecule has 0 bridgehead atoms. The van der Waals surface area contributed by atoms with Crippen LogP contribution in [0.5, 0.6) is 0 Å². The number of carbonyl (C=O) groups is 1. The summed E-state index contributed by atoms with van der Waals surface area (Å²) in [6, 6.07) is 6.56. The van der Waals surface area contributed by atoms with Gasteiger partial charge in [0.15, 0.2) is 5.78 Å². The number of ketones is 1. The van der Waals surface area contributed by atoms with Crippen molar-refractivity contribution in [3.63, 3.8) is 0 Å². The fraction of sp³-hybridized carbons (Fsp3) is 0.133. The molecule has 0 amide bonds. The standard InChI is InChI=1S/C15H13F2NO/c1-8-3-10(4-9(2)14(8)17)15(19)11-5-12(16)7-13(18)6-11/h3-7H,18H2,1-2H3. The average Bonchev–Trinajstić information content (AvgIpc) is 2.33. The molecule has 2 aromatic rings. The molecule has 4 heteroatoms. The van der Waals surface area contributed by atoms with E-state index in [1.807, 2.05) is 0 Å². The Labute approximate surface area is 109 Å². The molecule has 0 saturated heterocycles. The van der Waals surface area contributed by atoms with Gasteiger partial charge in [-0.25, -0.2) is 8.78 Å². The summed E-state index contributed by atoms with van der Waals surface area (Å²) in [4.78, 5) is 12.2. The molecule has 2 aromatic carbocycles. The van der Waals surface area contributed by atoms with Crippen molar-refractivity contribution >= 4 is 11.5 Å². The lowest BCUT2D eigenvalue weighted by Crippen LogP contribution is -2.05. The van der Waals surface area contributed by atoms with E-state index in [0.717, 1.165) is 12.1 Å². The summed E-state index contributed by atoms with van der Waals surface area (Å²) >= 11 is 0.